The first kappa shape index (κ1) is 15.0. The van der Waals surface area contributed by atoms with Gasteiger partial charge >= 0.3 is 0 Å². The van der Waals surface area contributed by atoms with E-state index in [9.17, 15) is 13.2 Å². The summed E-state index contributed by atoms with van der Waals surface area (Å²) in [7, 11) is -2.60. The summed E-state index contributed by atoms with van der Waals surface area (Å²) in [6, 6.07) is 8.30. The van der Waals surface area contributed by atoms with Crippen LogP contribution in [0.2, 0.25) is 5.02 Å². The van der Waals surface area contributed by atoms with E-state index in [4.69, 9.17) is 11.6 Å². The van der Waals surface area contributed by atoms with E-state index in [2.05, 4.69) is 10.5 Å². The topological polar surface area (TPSA) is 78.8 Å². The van der Waals surface area contributed by atoms with Crippen molar-refractivity contribution < 1.29 is 13.2 Å². The zero-order chi connectivity index (χ0) is 15.9. The smallest absolute Gasteiger partial charge is 0.285 e. The Labute approximate surface area is 136 Å². The molecule has 0 unspecified atom stereocenters. The Morgan fingerprint density at radius 3 is 2.73 bits per heavy atom. The summed E-state index contributed by atoms with van der Waals surface area (Å²) in [6.07, 6.45) is 0. The number of carbonyl (C=O) groups is 1. The van der Waals surface area contributed by atoms with Gasteiger partial charge in [-0.1, -0.05) is 23.7 Å². The standard InChI is InChI=1S/C13H10ClN3O3S2/c1-17-10-6-7-21-12(10)11(18)13(22(17,19)20)16-15-9-5-3-2-4-8(9)14/h2-7,15H,1H3. The predicted octanol–water partition coefficient (Wildman–Crippen LogP) is 2.79. The van der Waals surface area contributed by atoms with Crippen LogP contribution in [0, 0.1) is 0 Å². The number of Topliss-reactive ketones (excluding diaryl/α,β-unsaturated/α-hetero) is 1. The number of nitrogens with zero attached hydrogens (tertiary/aromatic N) is 2. The second kappa shape index (κ2) is 5.38. The zero-order valence-corrected chi connectivity index (χ0v) is 13.7. The van der Waals surface area contributed by atoms with Crippen LogP contribution < -0.4 is 9.73 Å². The van der Waals surface area contributed by atoms with Crippen LogP contribution in [0.3, 0.4) is 0 Å². The molecule has 2 aromatic rings. The molecule has 1 aliphatic rings. The number of sulfonamides is 1. The van der Waals surface area contributed by atoms with Gasteiger partial charge in [0, 0.05) is 7.05 Å². The maximum Gasteiger partial charge on any atom is 0.287 e. The van der Waals surface area contributed by atoms with E-state index in [-0.39, 0.29) is 0 Å². The largest absolute Gasteiger partial charge is 0.287 e. The molecule has 0 saturated carbocycles. The Balaban J connectivity index is 2.05. The maximum atomic E-state index is 12.4. The van der Waals surface area contributed by atoms with Crippen molar-refractivity contribution in [2.24, 2.45) is 5.10 Å². The first-order valence-electron chi connectivity index (χ1n) is 6.12. The van der Waals surface area contributed by atoms with E-state index in [1.807, 2.05) is 0 Å². The minimum Gasteiger partial charge on any atom is -0.285 e. The molecule has 1 aromatic heterocycles. The summed E-state index contributed by atoms with van der Waals surface area (Å²) >= 11 is 7.14. The van der Waals surface area contributed by atoms with E-state index < -0.39 is 20.9 Å². The van der Waals surface area contributed by atoms with E-state index in [0.717, 1.165) is 4.31 Å². The molecule has 0 fully saturated rings. The molecule has 1 N–H and O–H groups in total. The molecule has 2 heterocycles. The number of hydrazone groups is 1. The second-order valence-electron chi connectivity index (χ2n) is 4.45. The molecule has 0 aliphatic carbocycles. The quantitative estimate of drug-likeness (QED) is 0.840. The number of halogens is 1. The lowest BCUT2D eigenvalue weighted by atomic mass is 10.3. The van der Waals surface area contributed by atoms with Crippen LogP contribution in [0.1, 0.15) is 9.67 Å². The van der Waals surface area contributed by atoms with Crippen LogP contribution >= 0.6 is 22.9 Å². The van der Waals surface area contributed by atoms with Gasteiger partial charge in [-0.2, -0.15) is 13.5 Å². The second-order valence-corrected chi connectivity index (χ2v) is 7.65. The van der Waals surface area contributed by atoms with Crippen molar-refractivity contribution in [2.75, 3.05) is 16.8 Å². The molecular weight excluding hydrogens is 346 g/mol. The number of thiophene rings is 1. The summed E-state index contributed by atoms with van der Waals surface area (Å²) in [6.45, 7) is 0. The Morgan fingerprint density at radius 1 is 1.27 bits per heavy atom. The third kappa shape index (κ3) is 2.29. The van der Waals surface area contributed by atoms with Gasteiger partial charge in [0.05, 0.1) is 16.4 Å². The highest BCUT2D eigenvalue weighted by atomic mass is 35.5. The van der Waals surface area contributed by atoms with Gasteiger partial charge in [0.2, 0.25) is 10.8 Å². The van der Waals surface area contributed by atoms with Gasteiger partial charge < -0.3 is 0 Å². The molecule has 22 heavy (non-hydrogen) atoms. The van der Waals surface area contributed by atoms with Gasteiger partial charge in [-0.25, -0.2) is 0 Å². The average Bonchev–Trinajstić information content (AvgIpc) is 2.96. The van der Waals surface area contributed by atoms with E-state index in [0.29, 0.717) is 21.3 Å². The van der Waals surface area contributed by atoms with Gasteiger partial charge in [0.15, 0.2) is 0 Å². The third-order valence-electron chi connectivity index (χ3n) is 3.14. The molecule has 3 rings (SSSR count). The molecule has 9 heteroatoms. The number of hydrogen-bond donors (Lipinski definition) is 1. The van der Waals surface area contributed by atoms with Crippen LogP contribution in [-0.4, -0.2) is 26.3 Å². The number of para-hydroxylation sites is 1. The lowest BCUT2D eigenvalue weighted by Crippen LogP contribution is -2.42. The van der Waals surface area contributed by atoms with Gasteiger partial charge in [0.25, 0.3) is 10.0 Å². The Kier molecular flexibility index (Phi) is 3.67. The van der Waals surface area contributed by atoms with Crippen LogP contribution in [0.15, 0.2) is 40.8 Å². The van der Waals surface area contributed by atoms with E-state index in [1.54, 1.807) is 35.7 Å². The van der Waals surface area contributed by atoms with Crippen molar-refractivity contribution in [3.05, 3.63) is 45.6 Å². The molecule has 1 aliphatic heterocycles. The van der Waals surface area contributed by atoms with Crippen LogP contribution in [0.4, 0.5) is 11.4 Å². The highest BCUT2D eigenvalue weighted by Gasteiger charge is 2.41. The molecule has 0 bridgehead atoms. The molecule has 0 atom stereocenters. The fourth-order valence-corrected chi connectivity index (χ4v) is 4.30. The summed E-state index contributed by atoms with van der Waals surface area (Å²) in [4.78, 5) is 12.7. The number of fused-ring (bicyclic) bond motifs is 1. The molecule has 0 saturated heterocycles. The molecule has 114 valence electrons. The summed E-state index contributed by atoms with van der Waals surface area (Å²) in [5, 5.41) is 5.27. The third-order valence-corrected chi connectivity index (χ3v) is 6.06. The van der Waals surface area contributed by atoms with Crippen molar-refractivity contribution in [1.29, 1.82) is 0 Å². The molecule has 6 nitrogen and oxygen atoms in total. The molecule has 0 amide bonds. The summed E-state index contributed by atoms with van der Waals surface area (Å²) < 4.78 is 25.8. The van der Waals surface area contributed by atoms with Gasteiger partial charge in [-0.15, -0.1) is 11.3 Å². The van der Waals surface area contributed by atoms with Crippen molar-refractivity contribution in [3.8, 4) is 0 Å². The highest BCUT2D eigenvalue weighted by Crippen LogP contribution is 2.33. The van der Waals surface area contributed by atoms with E-state index in [1.165, 1.54) is 18.4 Å². The molecule has 1 aromatic carbocycles. The van der Waals surface area contributed by atoms with E-state index >= 15 is 0 Å². The Morgan fingerprint density at radius 2 is 2.00 bits per heavy atom. The fourth-order valence-electron chi connectivity index (χ4n) is 1.97. The SMILES string of the molecule is CN1c2ccsc2C(=O)C(=NNc2ccccc2Cl)S1(=O)=O. The Hall–Kier alpha value is -1.90. The summed E-state index contributed by atoms with van der Waals surface area (Å²) in [5.41, 5.74) is 3.33. The highest BCUT2D eigenvalue weighted by molar-refractivity contribution is 8.09. The number of hydrogen-bond acceptors (Lipinski definition) is 6. The lowest BCUT2D eigenvalue weighted by molar-refractivity contribution is 0.107. The summed E-state index contributed by atoms with van der Waals surface area (Å²) in [5.74, 6) is -0.623. The Bertz CT molecular complexity index is 889. The minimum absolute atomic E-state index is 0.344. The van der Waals surface area contributed by atoms with Crippen molar-refractivity contribution >= 4 is 55.2 Å². The van der Waals surface area contributed by atoms with Crippen LogP contribution in [0.25, 0.3) is 0 Å². The lowest BCUT2D eigenvalue weighted by Gasteiger charge is -2.24. The molecule has 0 spiro atoms. The van der Waals surface area contributed by atoms with Crippen molar-refractivity contribution in [3.63, 3.8) is 0 Å². The first-order chi connectivity index (χ1) is 10.4. The van der Waals surface area contributed by atoms with Crippen molar-refractivity contribution in [1.82, 2.24) is 0 Å². The number of rotatable bonds is 2. The molecule has 0 radical (unpaired) electrons. The number of anilines is 2. The maximum absolute atomic E-state index is 12.4. The van der Waals surface area contributed by atoms with Gasteiger partial charge in [0.1, 0.15) is 4.88 Å². The monoisotopic (exact) mass is 355 g/mol. The average molecular weight is 356 g/mol. The predicted molar refractivity (Wildman–Crippen MR) is 88.5 cm³/mol. The molecular formula is C13H10ClN3O3S2. The van der Waals surface area contributed by atoms with Gasteiger partial charge in [-0.3, -0.25) is 14.5 Å². The number of carbonyl (C=O) groups excluding carboxylic acids is 1. The van der Waals surface area contributed by atoms with Crippen LogP contribution in [-0.2, 0) is 10.0 Å². The normalized spacial score (nSPS) is 18.4. The van der Waals surface area contributed by atoms with Crippen LogP contribution in [0.5, 0.6) is 0 Å². The zero-order valence-electron chi connectivity index (χ0n) is 11.3. The van der Waals surface area contributed by atoms with Gasteiger partial charge in [-0.05, 0) is 23.6 Å². The number of ketones is 1. The number of nitrogens with one attached hydrogen (secondary N) is 1. The first-order valence-corrected chi connectivity index (χ1v) is 8.82. The number of benzene rings is 1. The van der Waals surface area contributed by atoms with Crippen molar-refractivity contribution in [2.45, 2.75) is 0 Å². The fraction of sp³-hybridized carbons (Fsp3) is 0.0769. The minimum atomic E-state index is -3.98.